The fourth-order valence-corrected chi connectivity index (χ4v) is 4.31. The summed E-state index contributed by atoms with van der Waals surface area (Å²) in [5, 5.41) is 19.0. The van der Waals surface area contributed by atoms with Gasteiger partial charge in [-0.1, -0.05) is 12.2 Å². The maximum absolute atomic E-state index is 13.4. The van der Waals surface area contributed by atoms with Crippen LogP contribution in [0.1, 0.15) is 30.5 Å². The Labute approximate surface area is 170 Å². The highest BCUT2D eigenvalue weighted by Crippen LogP contribution is 2.48. The molecule has 1 aromatic carbocycles. The van der Waals surface area contributed by atoms with Gasteiger partial charge in [-0.2, -0.15) is 18.4 Å². The Bertz CT molecular complexity index is 1050. The van der Waals surface area contributed by atoms with Gasteiger partial charge in [0.25, 0.3) is 0 Å². The fourth-order valence-electron chi connectivity index (χ4n) is 3.84. The molecule has 10 heteroatoms. The minimum Gasteiger partial charge on any atom is -0.506 e. The van der Waals surface area contributed by atoms with Crippen LogP contribution in [0.2, 0.25) is 0 Å². The normalized spacial score (nSPS) is 18.1. The molecular formula is C19H16F3N5OS. The maximum Gasteiger partial charge on any atom is 0.419 e. The molecule has 2 aliphatic rings. The van der Waals surface area contributed by atoms with Crippen LogP contribution in [0.25, 0.3) is 0 Å². The smallest absolute Gasteiger partial charge is 0.419 e. The van der Waals surface area contributed by atoms with Gasteiger partial charge in [0, 0.05) is 11.8 Å². The Morgan fingerprint density at radius 1 is 1.24 bits per heavy atom. The van der Waals surface area contributed by atoms with Crippen LogP contribution in [0, 0.1) is 11.3 Å². The first-order chi connectivity index (χ1) is 13.7. The van der Waals surface area contributed by atoms with Gasteiger partial charge in [0.2, 0.25) is 0 Å². The standard InChI is InChI=1S/C19H16F3N5OS/c20-19(21,22)13-6-12(9-25-15(13)8-23)26-10-27(18(17(26)29)4-1-5-18)11-2-3-14(24)16(28)7-11/h2-3,6-7,9,28H,1,4-5,10,24H2. The number of aromatic hydroxyl groups is 1. The lowest BCUT2D eigenvalue weighted by Gasteiger charge is -2.45. The Balaban J connectivity index is 1.76. The number of nitrogens with zero attached hydrogens (tertiary/aromatic N) is 4. The van der Waals surface area contributed by atoms with E-state index in [1.54, 1.807) is 17.0 Å². The van der Waals surface area contributed by atoms with E-state index in [9.17, 15) is 18.3 Å². The average Bonchev–Trinajstić information content (AvgIpc) is 2.96. The average molecular weight is 419 g/mol. The summed E-state index contributed by atoms with van der Waals surface area (Å²) >= 11 is 5.66. The van der Waals surface area contributed by atoms with E-state index >= 15 is 0 Å². The number of thiocarbonyl (C=S) groups is 1. The number of benzene rings is 1. The molecule has 1 aliphatic carbocycles. The number of hydrogen-bond donors (Lipinski definition) is 2. The molecule has 0 amide bonds. The highest BCUT2D eigenvalue weighted by molar-refractivity contribution is 7.80. The van der Waals surface area contributed by atoms with Crippen LogP contribution in [0.15, 0.2) is 30.5 Å². The molecule has 2 fully saturated rings. The second kappa shape index (κ2) is 6.49. The number of phenols is 1. The SMILES string of the molecule is N#Cc1ncc(N2CN(c3ccc(N)c(O)c3)C3(CCC3)C2=S)cc1C(F)(F)F. The van der Waals surface area contributed by atoms with Gasteiger partial charge >= 0.3 is 6.18 Å². The molecule has 0 radical (unpaired) electrons. The van der Waals surface area contributed by atoms with Crippen molar-refractivity contribution >= 4 is 34.3 Å². The zero-order valence-electron chi connectivity index (χ0n) is 15.1. The third-order valence-electron chi connectivity index (χ3n) is 5.55. The molecule has 0 bridgehead atoms. The second-order valence-corrected chi connectivity index (χ2v) is 7.52. The zero-order chi connectivity index (χ0) is 21.0. The molecule has 150 valence electrons. The number of anilines is 3. The molecule has 1 aliphatic heterocycles. The van der Waals surface area contributed by atoms with Crippen molar-refractivity contribution in [2.24, 2.45) is 0 Å². The number of hydrogen-bond acceptors (Lipinski definition) is 6. The first-order valence-electron chi connectivity index (χ1n) is 8.83. The number of aromatic nitrogens is 1. The Morgan fingerprint density at radius 3 is 2.52 bits per heavy atom. The molecule has 2 aromatic rings. The van der Waals surface area contributed by atoms with Crippen molar-refractivity contribution in [3.63, 3.8) is 0 Å². The number of nitrogens with two attached hydrogens (primary N) is 1. The minimum atomic E-state index is -4.70. The lowest BCUT2D eigenvalue weighted by molar-refractivity contribution is -0.138. The maximum atomic E-state index is 13.4. The first kappa shape index (κ1) is 19.3. The zero-order valence-corrected chi connectivity index (χ0v) is 15.9. The highest BCUT2D eigenvalue weighted by atomic mass is 32.1. The quantitative estimate of drug-likeness (QED) is 0.435. The molecule has 1 saturated heterocycles. The van der Waals surface area contributed by atoms with Gasteiger partial charge < -0.3 is 20.6 Å². The molecule has 4 rings (SSSR count). The molecule has 1 spiro atoms. The van der Waals surface area contributed by atoms with E-state index in [1.165, 1.54) is 18.3 Å². The monoisotopic (exact) mass is 419 g/mol. The summed E-state index contributed by atoms with van der Waals surface area (Å²) in [5.74, 6) is -0.0688. The molecule has 3 N–H and O–H groups in total. The van der Waals surface area contributed by atoms with E-state index in [1.807, 2.05) is 4.90 Å². The van der Waals surface area contributed by atoms with E-state index in [4.69, 9.17) is 23.2 Å². The number of nitrogen functional groups attached to an aromatic ring is 1. The van der Waals surface area contributed by atoms with Gasteiger partial charge in [0.05, 0.1) is 35.3 Å². The van der Waals surface area contributed by atoms with Crippen LogP contribution >= 0.6 is 12.2 Å². The van der Waals surface area contributed by atoms with Gasteiger partial charge in [-0.25, -0.2) is 4.98 Å². The highest BCUT2D eigenvalue weighted by Gasteiger charge is 2.54. The van der Waals surface area contributed by atoms with Crippen LogP contribution < -0.4 is 15.5 Å². The van der Waals surface area contributed by atoms with Crippen LogP contribution in [0.5, 0.6) is 5.75 Å². The number of alkyl halides is 3. The summed E-state index contributed by atoms with van der Waals surface area (Å²) in [5.41, 5.74) is 4.50. The number of pyridine rings is 1. The van der Waals surface area contributed by atoms with E-state index in [0.717, 1.165) is 25.3 Å². The molecular weight excluding hydrogens is 403 g/mol. The summed E-state index contributed by atoms with van der Waals surface area (Å²) in [7, 11) is 0. The number of nitriles is 1. The fraction of sp³-hybridized carbons (Fsp3) is 0.316. The predicted molar refractivity (Wildman–Crippen MR) is 105 cm³/mol. The number of halogens is 3. The van der Waals surface area contributed by atoms with Gasteiger partial charge in [0.1, 0.15) is 16.8 Å². The molecule has 0 unspecified atom stereocenters. The summed E-state index contributed by atoms with van der Waals surface area (Å²) in [6, 6.07) is 7.25. The van der Waals surface area contributed by atoms with Crippen molar-refractivity contribution in [1.82, 2.24) is 4.98 Å². The molecule has 0 atom stereocenters. The van der Waals surface area contributed by atoms with Crippen molar-refractivity contribution in [1.29, 1.82) is 5.26 Å². The summed E-state index contributed by atoms with van der Waals surface area (Å²) in [6.07, 6.45) is -1.03. The second-order valence-electron chi connectivity index (χ2n) is 7.13. The third-order valence-corrected chi connectivity index (χ3v) is 6.15. The Kier molecular flexibility index (Phi) is 4.31. The van der Waals surface area contributed by atoms with Gasteiger partial charge in [-0.15, -0.1) is 0 Å². The van der Waals surface area contributed by atoms with Crippen LogP contribution in [0.3, 0.4) is 0 Å². The van der Waals surface area contributed by atoms with Crippen molar-refractivity contribution < 1.29 is 18.3 Å². The van der Waals surface area contributed by atoms with Crippen LogP contribution in [0.4, 0.5) is 30.2 Å². The van der Waals surface area contributed by atoms with Crippen molar-refractivity contribution in [3.8, 4) is 11.8 Å². The van der Waals surface area contributed by atoms with Crippen molar-refractivity contribution in [2.75, 3.05) is 22.2 Å². The topological polar surface area (TPSA) is 89.4 Å². The lowest BCUT2D eigenvalue weighted by atomic mass is 9.75. The van der Waals surface area contributed by atoms with Crippen molar-refractivity contribution in [2.45, 2.75) is 31.0 Å². The first-order valence-corrected chi connectivity index (χ1v) is 9.24. The Hall–Kier alpha value is -3.06. The molecule has 29 heavy (non-hydrogen) atoms. The largest absolute Gasteiger partial charge is 0.506 e. The van der Waals surface area contributed by atoms with Gasteiger partial charge in [0.15, 0.2) is 5.69 Å². The number of rotatable bonds is 2. The molecule has 1 aromatic heterocycles. The van der Waals surface area contributed by atoms with E-state index in [0.29, 0.717) is 10.7 Å². The predicted octanol–water partition coefficient (Wildman–Crippen LogP) is 3.79. The third kappa shape index (κ3) is 2.93. The molecule has 2 heterocycles. The van der Waals surface area contributed by atoms with Gasteiger partial charge in [-0.3, -0.25) is 0 Å². The van der Waals surface area contributed by atoms with E-state index in [-0.39, 0.29) is 23.8 Å². The summed E-state index contributed by atoms with van der Waals surface area (Å²) in [4.78, 5) is 7.78. The summed E-state index contributed by atoms with van der Waals surface area (Å²) < 4.78 is 40.1. The van der Waals surface area contributed by atoms with Crippen LogP contribution in [-0.2, 0) is 6.18 Å². The van der Waals surface area contributed by atoms with Crippen LogP contribution in [-0.4, -0.2) is 27.3 Å². The lowest BCUT2D eigenvalue weighted by Crippen LogP contribution is -2.54. The number of phenolic OH excluding ortho intramolecular Hbond substituents is 1. The Morgan fingerprint density at radius 2 is 1.97 bits per heavy atom. The van der Waals surface area contributed by atoms with Gasteiger partial charge in [-0.05, 0) is 37.5 Å². The summed E-state index contributed by atoms with van der Waals surface area (Å²) in [6.45, 7) is 0.201. The van der Waals surface area contributed by atoms with E-state index < -0.39 is 23.0 Å². The molecule has 1 saturated carbocycles. The van der Waals surface area contributed by atoms with Crippen molar-refractivity contribution in [3.05, 3.63) is 41.7 Å². The van der Waals surface area contributed by atoms with E-state index in [2.05, 4.69) is 4.98 Å². The minimum absolute atomic E-state index is 0.0688. The molecule has 6 nitrogen and oxygen atoms in total.